The zero-order chi connectivity index (χ0) is 17.8. The number of nitrogens with zero attached hydrogens (tertiary/aromatic N) is 2. The molecule has 0 unspecified atom stereocenters. The Labute approximate surface area is 147 Å². The summed E-state index contributed by atoms with van der Waals surface area (Å²) in [6.45, 7) is 1.81. The molecule has 2 amide bonds. The second-order valence-electron chi connectivity index (χ2n) is 6.22. The van der Waals surface area contributed by atoms with E-state index < -0.39 is 0 Å². The maximum absolute atomic E-state index is 12.2. The number of methoxy groups -OCH3 is 1. The molecule has 1 heterocycles. The minimum Gasteiger partial charge on any atom is -0.490 e. The lowest BCUT2D eigenvalue weighted by molar-refractivity contribution is 0.210. The Balaban J connectivity index is 1.59. The van der Waals surface area contributed by atoms with Crippen LogP contribution in [-0.2, 0) is 7.05 Å². The van der Waals surface area contributed by atoms with Crippen molar-refractivity contribution in [1.82, 2.24) is 9.78 Å². The first-order valence-electron chi connectivity index (χ1n) is 8.49. The van der Waals surface area contributed by atoms with Gasteiger partial charge in [-0.3, -0.25) is 0 Å². The van der Waals surface area contributed by atoms with Gasteiger partial charge in [0, 0.05) is 12.7 Å². The van der Waals surface area contributed by atoms with Gasteiger partial charge in [-0.2, -0.15) is 5.10 Å². The van der Waals surface area contributed by atoms with Crippen LogP contribution in [0.15, 0.2) is 24.3 Å². The van der Waals surface area contributed by atoms with Crippen molar-refractivity contribution in [3.8, 4) is 11.6 Å². The molecule has 0 radical (unpaired) electrons. The summed E-state index contributed by atoms with van der Waals surface area (Å²) in [7, 11) is 3.31. The number of benzene rings is 1. The van der Waals surface area contributed by atoms with Gasteiger partial charge in [0.2, 0.25) is 5.88 Å². The van der Waals surface area contributed by atoms with Crippen molar-refractivity contribution < 1.29 is 14.3 Å². The Kier molecular flexibility index (Phi) is 5.11. The molecule has 1 aromatic heterocycles. The second-order valence-corrected chi connectivity index (χ2v) is 6.22. The molecule has 1 aliphatic rings. The lowest BCUT2D eigenvalue weighted by Gasteiger charge is -2.13. The molecule has 2 N–H and O–H groups in total. The van der Waals surface area contributed by atoms with Gasteiger partial charge in [-0.25, -0.2) is 9.48 Å². The number of aryl methyl sites for hydroxylation is 2. The van der Waals surface area contributed by atoms with Crippen LogP contribution in [0.3, 0.4) is 0 Å². The van der Waals surface area contributed by atoms with Crippen molar-refractivity contribution in [2.24, 2.45) is 7.05 Å². The van der Waals surface area contributed by atoms with Gasteiger partial charge in [-0.1, -0.05) is 0 Å². The monoisotopic (exact) mass is 344 g/mol. The molecular weight excluding hydrogens is 320 g/mol. The highest BCUT2D eigenvalue weighted by molar-refractivity contribution is 6.00. The Morgan fingerprint density at radius 3 is 2.52 bits per heavy atom. The fraction of sp³-hybridized carbons (Fsp3) is 0.444. The third-order valence-corrected chi connectivity index (χ3v) is 4.32. The summed E-state index contributed by atoms with van der Waals surface area (Å²) >= 11 is 0. The number of carbonyl (C=O) groups excluding carboxylic acids is 1. The molecule has 2 aromatic rings. The number of amides is 2. The van der Waals surface area contributed by atoms with Gasteiger partial charge in [-0.05, 0) is 56.9 Å². The molecule has 0 aliphatic heterocycles. The second kappa shape index (κ2) is 7.46. The number of nitrogens with one attached hydrogen (secondary N) is 2. The third-order valence-electron chi connectivity index (χ3n) is 4.32. The standard InChI is InChI=1S/C18H24N4O3/c1-12-16(17(24-3)22(2)21-12)20-18(23)19-13-8-10-15(11-9-13)25-14-6-4-5-7-14/h8-11,14H,4-7H2,1-3H3,(H2,19,20,23). The van der Waals surface area contributed by atoms with Gasteiger partial charge in [0.1, 0.15) is 11.4 Å². The fourth-order valence-electron chi connectivity index (χ4n) is 3.11. The first-order valence-corrected chi connectivity index (χ1v) is 8.49. The number of carbonyl (C=O) groups is 1. The Morgan fingerprint density at radius 1 is 1.20 bits per heavy atom. The number of ether oxygens (including phenoxy) is 2. The molecule has 1 fully saturated rings. The van der Waals surface area contributed by atoms with E-state index in [0.717, 1.165) is 18.6 Å². The minimum absolute atomic E-state index is 0.322. The minimum atomic E-state index is -0.348. The molecule has 0 saturated heterocycles. The van der Waals surface area contributed by atoms with E-state index in [-0.39, 0.29) is 6.03 Å². The van der Waals surface area contributed by atoms with E-state index in [9.17, 15) is 4.79 Å². The van der Waals surface area contributed by atoms with Crippen molar-refractivity contribution in [2.75, 3.05) is 17.7 Å². The summed E-state index contributed by atoms with van der Waals surface area (Å²) in [5.41, 5.74) is 1.94. The molecule has 134 valence electrons. The fourth-order valence-corrected chi connectivity index (χ4v) is 3.11. The topological polar surface area (TPSA) is 77.4 Å². The van der Waals surface area contributed by atoms with Crippen LogP contribution in [-0.4, -0.2) is 29.0 Å². The van der Waals surface area contributed by atoms with Gasteiger partial charge in [0.25, 0.3) is 0 Å². The van der Waals surface area contributed by atoms with E-state index in [4.69, 9.17) is 9.47 Å². The zero-order valence-corrected chi connectivity index (χ0v) is 14.8. The number of aromatic nitrogens is 2. The van der Waals surface area contributed by atoms with Crippen LogP contribution in [0.5, 0.6) is 11.6 Å². The Morgan fingerprint density at radius 2 is 1.88 bits per heavy atom. The van der Waals surface area contributed by atoms with Crippen molar-refractivity contribution in [3.05, 3.63) is 30.0 Å². The molecule has 1 aliphatic carbocycles. The third kappa shape index (κ3) is 4.04. The number of hydrogen-bond acceptors (Lipinski definition) is 4. The highest BCUT2D eigenvalue weighted by Crippen LogP contribution is 2.28. The number of hydrogen-bond donors (Lipinski definition) is 2. The summed E-state index contributed by atoms with van der Waals surface area (Å²) in [5.74, 6) is 1.34. The normalized spacial score (nSPS) is 14.4. The van der Waals surface area contributed by atoms with E-state index in [1.54, 1.807) is 18.8 Å². The SMILES string of the molecule is COc1c(NC(=O)Nc2ccc(OC3CCCC3)cc2)c(C)nn1C. The van der Waals surface area contributed by atoms with Crippen molar-refractivity contribution in [2.45, 2.75) is 38.7 Å². The van der Waals surface area contributed by atoms with Crippen LogP contribution in [0.4, 0.5) is 16.2 Å². The molecule has 1 aromatic carbocycles. The number of urea groups is 1. The number of anilines is 2. The maximum atomic E-state index is 12.2. The van der Waals surface area contributed by atoms with Gasteiger partial charge in [0.05, 0.1) is 18.9 Å². The van der Waals surface area contributed by atoms with Gasteiger partial charge in [0.15, 0.2) is 0 Å². The molecule has 0 atom stereocenters. The van der Waals surface area contributed by atoms with E-state index in [1.165, 1.54) is 12.8 Å². The highest BCUT2D eigenvalue weighted by atomic mass is 16.5. The predicted octanol–water partition coefficient (Wildman–Crippen LogP) is 3.70. The molecule has 0 bridgehead atoms. The zero-order valence-electron chi connectivity index (χ0n) is 14.8. The average Bonchev–Trinajstić information content (AvgIpc) is 3.18. The van der Waals surface area contributed by atoms with Crippen LogP contribution in [0.2, 0.25) is 0 Å². The summed E-state index contributed by atoms with van der Waals surface area (Å²) in [6, 6.07) is 7.07. The highest BCUT2D eigenvalue weighted by Gasteiger charge is 2.17. The summed E-state index contributed by atoms with van der Waals surface area (Å²) in [5, 5.41) is 9.82. The first kappa shape index (κ1) is 17.1. The largest absolute Gasteiger partial charge is 0.490 e. The van der Waals surface area contributed by atoms with Crippen LogP contribution in [0, 0.1) is 6.92 Å². The van der Waals surface area contributed by atoms with Crippen molar-refractivity contribution in [1.29, 1.82) is 0 Å². The van der Waals surface area contributed by atoms with Gasteiger partial charge in [-0.15, -0.1) is 0 Å². The molecule has 0 spiro atoms. The maximum Gasteiger partial charge on any atom is 0.323 e. The average molecular weight is 344 g/mol. The van der Waals surface area contributed by atoms with Crippen molar-refractivity contribution >= 4 is 17.4 Å². The smallest absolute Gasteiger partial charge is 0.323 e. The molecule has 7 nitrogen and oxygen atoms in total. The number of rotatable bonds is 5. The molecule has 3 rings (SSSR count). The summed E-state index contributed by atoms with van der Waals surface area (Å²) in [4.78, 5) is 12.2. The van der Waals surface area contributed by atoms with Crippen LogP contribution in [0.1, 0.15) is 31.4 Å². The van der Waals surface area contributed by atoms with Gasteiger partial charge < -0.3 is 20.1 Å². The molecule has 7 heteroatoms. The Bertz CT molecular complexity index is 734. The first-order chi connectivity index (χ1) is 12.1. The predicted molar refractivity (Wildman–Crippen MR) is 96.5 cm³/mol. The molecular formula is C18H24N4O3. The van der Waals surface area contributed by atoms with E-state index in [2.05, 4.69) is 15.7 Å². The van der Waals surface area contributed by atoms with Crippen LogP contribution >= 0.6 is 0 Å². The summed E-state index contributed by atoms with van der Waals surface area (Å²) in [6.07, 6.45) is 5.04. The van der Waals surface area contributed by atoms with Gasteiger partial charge >= 0.3 is 6.03 Å². The van der Waals surface area contributed by atoms with E-state index in [0.29, 0.717) is 29.1 Å². The lowest BCUT2D eigenvalue weighted by atomic mass is 10.3. The molecule has 25 heavy (non-hydrogen) atoms. The van der Waals surface area contributed by atoms with E-state index in [1.807, 2.05) is 31.2 Å². The lowest BCUT2D eigenvalue weighted by Crippen LogP contribution is -2.20. The van der Waals surface area contributed by atoms with Crippen LogP contribution in [0.25, 0.3) is 0 Å². The summed E-state index contributed by atoms with van der Waals surface area (Å²) < 4.78 is 12.8. The van der Waals surface area contributed by atoms with E-state index >= 15 is 0 Å². The van der Waals surface area contributed by atoms with Crippen LogP contribution < -0.4 is 20.1 Å². The molecule has 1 saturated carbocycles. The quantitative estimate of drug-likeness (QED) is 0.867. The van der Waals surface area contributed by atoms with Crippen molar-refractivity contribution in [3.63, 3.8) is 0 Å². The Hall–Kier alpha value is -2.70.